The molecule has 4 nitrogen and oxygen atoms in total. The predicted octanol–water partition coefficient (Wildman–Crippen LogP) is 2.90. The van der Waals surface area contributed by atoms with Crippen LogP contribution in [0.25, 0.3) is 10.9 Å². The second-order valence-corrected chi connectivity index (χ2v) is 5.90. The third-order valence-electron chi connectivity index (χ3n) is 4.13. The average molecular weight is 291 g/mol. The van der Waals surface area contributed by atoms with Crippen molar-refractivity contribution in [2.75, 3.05) is 5.73 Å². The van der Waals surface area contributed by atoms with Crippen molar-refractivity contribution in [3.05, 3.63) is 70.3 Å². The van der Waals surface area contributed by atoms with Gasteiger partial charge in [-0.2, -0.15) is 0 Å². The zero-order valence-corrected chi connectivity index (χ0v) is 12.2. The molecule has 0 bridgehead atoms. The fourth-order valence-corrected chi connectivity index (χ4v) is 2.83. The van der Waals surface area contributed by atoms with Gasteiger partial charge >= 0.3 is 0 Å². The van der Waals surface area contributed by atoms with Crippen molar-refractivity contribution >= 4 is 16.6 Å². The van der Waals surface area contributed by atoms with Crippen molar-refractivity contribution in [2.45, 2.75) is 25.3 Å². The van der Waals surface area contributed by atoms with Crippen LogP contribution < -0.4 is 11.3 Å². The SMILES string of the molecule is Nc1ccc2nc(C3CC3)n(Cc3ccccc3)c(=O)c2c1. The quantitative estimate of drug-likeness (QED) is 0.755. The normalized spacial score (nSPS) is 14.4. The Kier molecular flexibility index (Phi) is 2.96. The summed E-state index contributed by atoms with van der Waals surface area (Å²) < 4.78 is 1.81. The van der Waals surface area contributed by atoms with Crippen LogP contribution in [-0.2, 0) is 6.54 Å². The number of aromatic nitrogens is 2. The van der Waals surface area contributed by atoms with Crippen LogP contribution in [0.2, 0.25) is 0 Å². The molecular weight excluding hydrogens is 274 g/mol. The molecule has 3 aromatic rings. The molecule has 1 heterocycles. The van der Waals surface area contributed by atoms with Crippen LogP contribution in [0, 0.1) is 0 Å². The lowest BCUT2D eigenvalue weighted by Gasteiger charge is -2.13. The fraction of sp³-hybridized carbons (Fsp3) is 0.222. The molecule has 110 valence electrons. The average Bonchev–Trinajstić information content (AvgIpc) is 3.36. The van der Waals surface area contributed by atoms with Crippen LogP contribution in [0.3, 0.4) is 0 Å². The van der Waals surface area contributed by atoms with Gasteiger partial charge in [0.2, 0.25) is 0 Å². The van der Waals surface area contributed by atoms with Gasteiger partial charge < -0.3 is 5.73 Å². The summed E-state index contributed by atoms with van der Waals surface area (Å²) in [6, 6.07) is 15.4. The van der Waals surface area contributed by atoms with Gasteiger partial charge in [-0.05, 0) is 36.6 Å². The summed E-state index contributed by atoms with van der Waals surface area (Å²) in [4.78, 5) is 17.6. The fourth-order valence-electron chi connectivity index (χ4n) is 2.83. The van der Waals surface area contributed by atoms with Crippen molar-refractivity contribution < 1.29 is 0 Å². The maximum absolute atomic E-state index is 12.9. The largest absolute Gasteiger partial charge is 0.399 e. The number of nitrogens with zero attached hydrogens (tertiary/aromatic N) is 2. The van der Waals surface area contributed by atoms with E-state index in [1.54, 1.807) is 12.1 Å². The lowest BCUT2D eigenvalue weighted by atomic mass is 10.2. The van der Waals surface area contributed by atoms with E-state index in [1.165, 1.54) is 0 Å². The minimum Gasteiger partial charge on any atom is -0.399 e. The van der Waals surface area contributed by atoms with E-state index in [9.17, 15) is 4.79 Å². The molecule has 1 saturated carbocycles. The molecule has 2 aromatic carbocycles. The van der Waals surface area contributed by atoms with E-state index in [-0.39, 0.29) is 5.56 Å². The minimum absolute atomic E-state index is 0.00283. The molecule has 4 heteroatoms. The lowest BCUT2D eigenvalue weighted by Crippen LogP contribution is -2.25. The van der Waals surface area contributed by atoms with Gasteiger partial charge in [0.15, 0.2) is 0 Å². The van der Waals surface area contributed by atoms with Gasteiger partial charge in [0.25, 0.3) is 5.56 Å². The van der Waals surface area contributed by atoms with Crippen LogP contribution >= 0.6 is 0 Å². The number of hydrogen-bond donors (Lipinski definition) is 1. The maximum Gasteiger partial charge on any atom is 0.261 e. The van der Waals surface area contributed by atoms with E-state index in [4.69, 9.17) is 10.7 Å². The van der Waals surface area contributed by atoms with E-state index in [2.05, 4.69) is 0 Å². The summed E-state index contributed by atoms with van der Waals surface area (Å²) in [7, 11) is 0. The first kappa shape index (κ1) is 13.1. The van der Waals surface area contributed by atoms with Crippen LogP contribution in [0.15, 0.2) is 53.3 Å². The number of hydrogen-bond acceptors (Lipinski definition) is 3. The molecule has 0 aliphatic heterocycles. The molecule has 0 radical (unpaired) electrons. The zero-order chi connectivity index (χ0) is 15.1. The van der Waals surface area contributed by atoms with E-state index < -0.39 is 0 Å². The molecule has 1 aliphatic carbocycles. The minimum atomic E-state index is 0.00283. The molecule has 4 rings (SSSR count). The second-order valence-electron chi connectivity index (χ2n) is 5.90. The van der Waals surface area contributed by atoms with Gasteiger partial charge in [-0.25, -0.2) is 4.98 Å². The van der Waals surface area contributed by atoms with Gasteiger partial charge in [0.05, 0.1) is 17.4 Å². The molecule has 0 spiro atoms. The van der Waals surface area contributed by atoms with E-state index in [1.807, 2.05) is 41.0 Å². The number of nitrogens with two attached hydrogens (primary N) is 1. The summed E-state index contributed by atoms with van der Waals surface area (Å²) >= 11 is 0. The van der Waals surface area contributed by atoms with E-state index in [0.717, 1.165) is 29.7 Å². The zero-order valence-electron chi connectivity index (χ0n) is 12.2. The first-order chi connectivity index (χ1) is 10.7. The Morgan fingerprint density at radius 3 is 2.64 bits per heavy atom. The highest BCUT2D eigenvalue weighted by atomic mass is 16.1. The molecule has 0 saturated heterocycles. The van der Waals surface area contributed by atoms with Crippen molar-refractivity contribution in [2.24, 2.45) is 0 Å². The monoisotopic (exact) mass is 291 g/mol. The van der Waals surface area contributed by atoms with Gasteiger partial charge in [0, 0.05) is 11.6 Å². The highest BCUT2D eigenvalue weighted by Gasteiger charge is 2.29. The van der Waals surface area contributed by atoms with Crippen LogP contribution in [0.4, 0.5) is 5.69 Å². The molecule has 1 aliphatic rings. The topological polar surface area (TPSA) is 60.9 Å². The van der Waals surface area contributed by atoms with Crippen molar-refractivity contribution in [3.8, 4) is 0 Å². The number of nitrogen functional groups attached to an aromatic ring is 1. The maximum atomic E-state index is 12.9. The Morgan fingerprint density at radius 1 is 1.14 bits per heavy atom. The van der Waals surface area contributed by atoms with Crippen molar-refractivity contribution in [3.63, 3.8) is 0 Å². The Balaban J connectivity index is 1.92. The molecule has 0 amide bonds. The number of fused-ring (bicyclic) bond motifs is 1. The number of benzene rings is 2. The Bertz CT molecular complexity index is 895. The van der Waals surface area contributed by atoms with Gasteiger partial charge in [-0.1, -0.05) is 30.3 Å². The predicted molar refractivity (Wildman–Crippen MR) is 87.9 cm³/mol. The van der Waals surface area contributed by atoms with Gasteiger partial charge in [-0.3, -0.25) is 9.36 Å². The molecule has 1 aromatic heterocycles. The van der Waals surface area contributed by atoms with Crippen molar-refractivity contribution in [1.29, 1.82) is 0 Å². The molecule has 2 N–H and O–H groups in total. The number of rotatable bonds is 3. The van der Waals surface area contributed by atoms with E-state index in [0.29, 0.717) is 23.5 Å². The smallest absolute Gasteiger partial charge is 0.261 e. The third kappa shape index (κ3) is 2.26. The summed E-state index contributed by atoms with van der Waals surface area (Å²) in [6.07, 6.45) is 2.23. The molecule has 0 unspecified atom stereocenters. The van der Waals surface area contributed by atoms with Crippen LogP contribution in [-0.4, -0.2) is 9.55 Å². The highest BCUT2D eigenvalue weighted by molar-refractivity contribution is 5.81. The second kappa shape index (κ2) is 4.98. The summed E-state index contributed by atoms with van der Waals surface area (Å²) in [5, 5.41) is 0.598. The third-order valence-corrected chi connectivity index (χ3v) is 4.13. The molecule has 22 heavy (non-hydrogen) atoms. The standard InChI is InChI=1S/C18H17N3O/c19-14-8-9-16-15(10-14)18(22)21(17(20-16)13-6-7-13)11-12-4-2-1-3-5-12/h1-5,8-10,13H,6-7,11,19H2. The highest BCUT2D eigenvalue weighted by Crippen LogP contribution is 2.39. The molecular formula is C18H17N3O. The summed E-state index contributed by atoms with van der Waals surface area (Å²) in [5.74, 6) is 1.32. The Labute approximate surface area is 128 Å². The Hall–Kier alpha value is -2.62. The van der Waals surface area contributed by atoms with Crippen molar-refractivity contribution in [1.82, 2.24) is 9.55 Å². The van der Waals surface area contributed by atoms with E-state index >= 15 is 0 Å². The van der Waals surface area contributed by atoms with Crippen LogP contribution in [0.1, 0.15) is 30.1 Å². The number of anilines is 1. The first-order valence-corrected chi connectivity index (χ1v) is 7.56. The Morgan fingerprint density at radius 2 is 1.91 bits per heavy atom. The van der Waals surface area contributed by atoms with Gasteiger partial charge in [-0.15, -0.1) is 0 Å². The van der Waals surface area contributed by atoms with Gasteiger partial charge in [0.1, 0.15) is 5.82 Å². The lowest BCUT2D eigenvalue weighted by molar-refractivity contribution is 0.681. The van der Waals surface area contributed by atoms with Crippen LogP contribution in [0.5, 0.6) is 0 Å². The summed E-state index contributed by atoms with van der Waals surface area (Å²) in [5.41, 5.74) is 8.28. The first-order valence-electron chi connectivity index (χ1n) is 7.56. The molecule has 0 atom stereocenters. The molecule has 1 fully saturated rings. The summed E-state index contributed by atoms with van der Waals surface area (Å²) in [6.45, 7) is 0.559.